The van der Waals surface area contributed by atoms with Crippen LogP contribution in [0, 0.1) is 0 Å². The van der Waals surface area contributed by atoms with Crippen molar-refractivity contribution in [3.63, 3.8) is 0 Å². The lowest BCUT2D eigenvalue weighted by molar-refractivity contribution is 0.0993. The molecule has 1 atom stereocenters. The molecule has 1 aromatic rings. The van der Waals surface area contributed by atoms with Crippen molar-refractivity contribution < 1.29 is 14.6 Å². The molecule has 17 heavy (non-hydrogen) atoms. The summed E-state index contributed by atoms with van der Waals surface area (Å²) in [6.45, 7) is 5.20. The van der Waals surface area contributed by atoms with E-state index in [1.54, 1.807) is 0 Å². The van der Waals surface area contributed by atoms with Crippen LogP contribution >= 0.6 is 0 Å². The number of hydrogen-bond acceptors (Lipinski definition) is 3. The zero-order valence-electron chi connectivity index (χ0n) is 10.7. The van der Waals surface area contributed by atoms with Crippen molar-refractivity contribution in [1.29, 1.82) is 0 Å². The highest BCUT2D eigenvalue weighted by Crippen LogP contribution is 2.18. The Kier molecular flexibility index (Phi) is 6.48. The summed E-state index contributed by atoms with van der Waals surface area (Å²) < 4.78 is 10.9. The van der Waals surface area contributed by atoms with Gasteiger partial charge in [0.2, 0.25) is 0 Å². The number of aliphatic hydroxyl groups is 1. The van der Waals surface area contributed by atoms with E-state index in [1.807, 2.05) is 31.2 Å². The maximum absolute atomic E-state index is 9.53. The first-order chi connectivity index (χ1) is 8.26. The highest BCUT2D eigenvalue weighted by molar-refractivity contribution is 5.31. The molecule has 0 aliphatic rings. The monoisotopic (exact) mass is 238 g/mol. The van der Waals surface area contributed by atoms with Crippen LogP contribution in [0.5, 0.6) is 11.5 Å². The lowest BCUT2D eigenvalue weighted by Gasteiger charge is -2.11. The van der Waals surface area contributed by atoms with E-state index >= 15 is 0 Å². The fourth-order valence-corrected chi connectivity index (χ4v) is 1.46. The quantitative estimate of drug-likeness (QED) is 0.756. The van der Waals surface area contributed by atoms with E-state index in [4.69, 9.17) is 9.47 Å². The van der Waals surface area contributed by atoms with Gasteiger partial charge in [-0.1, -0.05) is 20.3 Å². The van der Waals surface area contributed by atoms with Crippen molar-refractivity contribution in [2.75, 3.05) is 13.2 Å². The van der Waals surface area contributed by atoms with Crippen LogP contribution in [-0.4, -0.2) is 24.4 Å². The van der Waals surface area contributed by atoms with E-state index in [1.165, 1.54) is 0 Å². The summed E-state index contributed by atoms with van der Waals surface area (Å²) in [5.74, 6) is 1.62. The molecule has 0 radical (unpaired) electrons. The summed E-state index contributed by atoms with van der Waals surface area (Å²) in [6, 6.07) is 7.50. The first kappa shape index (κ1) is 13.8. The van der Waals surface area contributed by atoms with Gasteiger partial charge >= 0.3 is 0 Å². The van der Waals surface area contributed by atoms with Gasteiger partial charge in [-0.3, -0.25) is 0 Å². The number of ether oxygens (including phenoxy) is 2. The van der Waals surface area contributed by atoms with Crippen molar-refractivity contribution >= 4 is 0 Å². The van der Waals surface area contributed by atoms with Crippen LogP contribution in [0.3, 0.4) is 0 Å². The third-order valence-electron chi connectivity index (χ3n) is 2.36. The summed E-state index contributed by atoms with van der Waals surface area (Å²) in [7, 11) is 0. The molecule has 0 bridgehead atoms. The average molecular weight is 238 g/mol. The molecular formula is C14H22O3. The van der Waals surface area contributed by atoms with Crippen molar-refractivity contribution in [3.8, 4) is 11.5 Å². The molecule has 0 aromatic heterocycles. The van der Waals surface area contributed by atoms with Gasteiger partial charge in [-0.2, -0.15) is 0 Å². The van der Waals surface area contributed by atoms with Gasteiger partial charge in [-0.25, -0.2) is 0 Å². The minimum absolute atomic E-state index is 0.350. The molecule has 1 rings (SSSR count). The predicted octanol–water partition coefficient (Wildman–Crippen LogP) is 3.02. The van der Waals surface area contributed by atoms with Crippen molar-refractivity contribution in [2.24, 2.45) is 0 Å². The Hall–Kier alpha value is -1.22. The molecule has 1 unspecified atom stereocenters. The zero-order chi connectivity index (χ0) is 12.5. The lowest BCUT2D eigenvalue weighted by Crippen LogP contribution is -2.16. The van der Waals surface area contributed by atoms with Gasteiger partial charge < -0.3 is 14.6 Å². The molecule has 3 nitrogen and oxygen atoms in total. The van der Waals surface area contributed by atoms with E-state index in [-0.39, 0.29) is 6.10 Å². The van der Waals surface area contributed by atoms with Crippen LogP contribution in [0.15, 0.2) is 24.3 Å². The molecular weight excluding hydrogens is 216 g/mol. The van der Waals surface area contributed by atoms with Crippen molar-refractivity contribution in [2.45, 2.75) is 39.2 Å². The highest BCUT2D eigenvalue weighted by Gasteiger charge is 2.03. The molecule has 0 spiro atoms. The smallest absolute Gasteiger partial charge is 0.119 e. The van der Waals surface area contributed by atoms with E-state index in [2.05, 4.69) is 6.92 Å². The van der Waals surface area contributed by atoms with Crippen LogP contribution in [0.2, 0.25) is 0 Å². The minimum atomic E-state index is -0.379. The first-order valence-electron chi connectivity index (χ1n) is 6.30. The van der Waals surface area contributed by atoms with Gasteiger partial charge in [0.15, 0.2) is 0 Å². The summed E-state index contributed by atoms with van der Waals surface area (Å²) >= 11 is 0. The summed E-state index contributed by atoms with van der Waals surface area (Å²) in [5.41, 5.74) is 0. The standard InChI is InChI=1S/C14H22O3/c1-3-5-12(15)11-17-14-8-6-13(7-9-14)16-10-4-2/h6-9,12,15H,3-5,10-11H2,1-2H3. The maximum Gasteiger partial charge on any atom is 0.119 e. The summed E-state index contributed by atoms with van der Waals surface area (Å²) in [4.78, 5) is 0. The highest BCUT2D eigenvalue weighted by atomic mass is 16.5. The maximum atomic E-state index is 9.53. The van der Waals surface area contributed by atoms with Gasteiger partial charge in [0, 0.05) is 0 Å². The molecule has 0 heterocycles. The van der Waals surface area contributed by atoms with Crippen LogP contribution in [0.4, 0.5) is 0 Å². The predicted molar refractivity (Wildman–Crippen MR) is 68.6 cm³/mol. The number of rotatable bonds is 8. The van der Waals surface area contributed by atoms with E-state index in [0.717, 1.165) is 37.4 Å². The van der Waals surface area contributed by atoms with Crippen LogP contribution in [0.1, 0.15) is 33.1 Å². The fourth-order valence-electron chi connectivity index (χ4n) is 1.46. The Morgan fingerprint density at radius 1 is 1.00 bits per heavy atom. The molecule has 1 N–H and O–H groups in total. The van der Waals surface area contributed by atoms with Crippen LogP contribution in [0.25, 0.3) is 0 Å². The molecule has 3 heteroatoms. The second kappa shape index (κ2) is 7.96. The molecule has 0 aliphatic carbocycles. The molecule has 0 amide bonds. The molecule has 1 aromatic carbocycles. The third kappa shape index (κ3) is 5.59. The number of hydrogen-bond donors (Lipinski definition) is 1. The molecule has 0 saturated heterocycles. The van der Waals surface area contributed by atoms with Gasteiger partial charge in [-0.15, -0.1) is 0 Å². The Balaban J connectivity index is 2.34. The van der Waals surface area contributed by atoms with Gasteiger partial charge in [0.05, 0.1) is 12.7 Å². The zero-order valence-corrected chi connectivity index (χ0v) is 10.7. The number of aliphatic hydroxyl groups excluding tert-OH is 1. The Morgan fingerprint density at radius 2 is 1.59 bits per heavy atom. The second-order valence-electron chi connectivity index (χ2n) is 4.07. The molecule has 96 valence electrons. The first-order valence-corrected chi connectivity index (χ1v) is 6.30. The summed E-state index contributed by atoms with van der Waals surface area (Å²) in [5, 5.41) is 9.53. The minimum Gasteiger partial charge on any atom is -0.494 e. The van der Waals surface area contributed by atoms with E-state index in [0.29, 0.717) is 6.61 Å². The van der Waals surface area contributed by atoms with E-state index < -0.39 is 0 Å². The fraction of sp³-hybridized carbons (Fsp3) is 0.571. The molecule has 0 saturated carbocycles. The lowest BCUT2D eigenvalue weighted by atomic mass is 10.2. The largest absolute Gasteiger partial charge is 0.494 e. The third-order valence-corrected chi connectivity index (χ3v) is 2.36. The Bertz CT molecular complexity index is 295. The summed E-state index contributed by atoms with van der Waals surface area (Å²) in [6.07, 6.45) is 2.36. The Labute approximate surface area is 103 Å². The topological polar surface area (TPSA) is 38.7 Å². The van der Waals surface area contributed by atoms with Crippen LogP contribution in [-0.2, 0) is 0 Å². The average Bonchev–Trinajstić information content (AvgIpc) is 2.35. The van der Waals surface area contributed by atoms with Crippen molar-refractivity contribution in [3.05, 3.63) is 24.3 Å². The van der Waals surface area contributed by atoms with Gasteiger partial charge in [0.1, 0.15) is 18.1 Å². The number of benzene rings is 1. The Morgan fingerprint density at radius 3 is 2.12 bits per heavy atom. The van der Waals surface area contributed by atoms with Crippen molar-refractivity contribution in [1.82, 2.24) is 0 Å². The van der Waals surface area contributed by atoms with Crippen LogP contribution < -0.4 is 9.47 Å². The normalized spacial score (nSPS) is 12.2. The molecule has 0 aliphatic heterocycles. The van der Waals surface area contributed by atoms with E-state index in [9.17, 15) is 5.11 Å². The van der Waals surface area contributed by atoms with Gasteiger partial charge in [-0.05, 0) is 37.1 Å². The second-order valence-corrected chi connectivity index (χ2v) is 4.07. The molecule has 0 fully saturated rings. The SMILES string of the molecule is CCCOc1ccc(OCC(O)CCC)cc1. The van der Waals surface area contributed by atoms with Gasteiger partial charge in [0.25, 0.3) is 0 Å².